The van der Waals surface area contributed by atoms with Gasteiger partial charge in [-0.1, -0.05) is 6.07 Å². The number of hydrogen-bond donors (Lipinski definition) is 2. The third-order valence-electron chi connectivity index (χ3n) is 2.95. The number of phenols is 1. The molecule has 0 heterocycles. The van der Waals surface area contributed by atoms with Crippen LogP contribution in [-0.4, -0.2) is 46.0 Å². The van der Waals surface area contributed by atoms with Crippen LogP contribution < -0.4 is 4.74 Å². The van der Waals surface area contributed by atoms with Crippen molar-refractivity contribution >= 4 is 17.8 Å². The van der Waals surface area contributed by atoms with Crippen LogP contribution in [-0.2, 0) is 20.8 Å². The van der Waals surface area contributed by atoms with Crippen molar-refractivity contribution in [2.75, 3.05) is 7.11 Å². The van der Waals surface area contributed by atoms with Crippen LogP contribution in [0.3, 0.4) is 0 Å². The number of hydrogen-bond acceptors (Lipinski definition) is 5. The number of carbonyl (C=O) groups excluding carboxylic acids is 2. The quantitative estimate of drug-likeness (QED) is 0.832. The first-order valence-electron chi connectivity index (χ1n) is 6.17. The molecule has 114 valence electrons. The molecule has 0 saturated heterocycles. The number of methoxy groups -OCH3 is 1. The molecular weight excluding hydrogens is 278 g/mol. The number of amides is 2. The molecule has 7 nitrogen and oxygen atoms in total. The van der Waals surface area contributed by atoms with E-state index in [-0.39, 0.29) is 17.9 Å². The molecule has 1 atom stereocenters. The highest BCUT2D eigenvalue weighted by atomic mass is 16.5. The molecule has 1 unspecified atom stereocenters. The minimum atomic E-state index is -1.31. The molecule has 0 aliphatic rings. The fraction of sp³-hybridized carbons (Fsp3) is 0.357. The molecule has 0 radical (unpaired) electrons. The van der Waals surface area contributed by atoms with Crippen molar-refractivity contribution in [1.82, 2.24) is 4.90 Å². The zero-order valence-corrected chi connectivity index (χ0v) is 12.0. The van der Waals surface area contributed by atoms with Crippen LogP contribution in [0.15, 0.2) is 18.2 Å². The number of rotatable bonds is 5. The number of phenolic OH excluding ortho intramolecular Hbond substituents is 1. The molecular formula is C14H17NO6. The molecule has 21 heavy (non-hydrogen) atoms. The normalized spacial score (nSPS) is 11.6. The maximum Gasteiger partial charge on any atom is 0.327 e. The van der Waals surface area contributed by atoms with Gasteiger partial charge in [0.25, 0.3) is 0 Å². The number of carbonyl (C=O) groups is 3. The SMILES string of the molecule is COc1cc(CC(C(=O)O)N(C(C)=O)C(C)=O)ccc1O. The van der Waals surface area contributed by atoms with Gasteiger partial charge in [0.15, 0.2) is 11.5 Å². The summed E-state index contributed by atoms with van der Waals surface area (Å²) >= 11 is 0. The number of carboxylic acids is 1. The van der Waals surface area contributed by atoms with Gasteiger partial charge in [-0.2, -0.15) is 0 Å². The van der Waals surface area contributed by atoms with Gasteiger partial charge in [0.2, 0.25) is 11.8 Å². The van der Waals surface area contributed by atoms with Crippen LogP contribution in [0.5, 0.6) is 11.5 Å². The van der Waals surface area contributed by atoms with Gasteiger partial charge in [0.1, 0.15) is 6.04 Å². The van der Waals surface area contributed by atoms with Gasteiger partial charge < -0.3 is 14.9 Å². The summed E-state index contributed by atoms with van der Waals surface area (Å²) < 4.78 is 4.94. The lowest BCUT2D eigenvalue weighted by molar-refractivity contribution is -0.156. The summed E-state index contributed by atoms with van der Waals surface area (Å²) in [5.41, 5.74) is 0.518. The van der Waals surface area contributed by atoms with Crippen molar-refractivity contribution in [3.05, 3.63) is 23.8 Å². The van der Waals surface area contributed by atoms with Gasteiger partial charge in [-0.05, 0) is 17.7 Å². The number of aromatic hydroxyl groups is 1. The molecule has 0 fully saturated rings. The first kappa shape index (κ1) is 16.5. The maximum absolute atomic E-state index is 11.5. The second-order valence-corrected chi connectivity index (χ2v) is 4.47. The Bertz CT molecular complexity index is 555. The fourth-order valence-electron chi connectivity index (χ4n) is 2.02. The third-order valence-corrected chi connectivity index (χ3v) is 2.95. The van der Waals surface area contributed by atoms with Gasteiger partial charge in [0, 0.05) is 20.3 Å². The highest BCUT2D eigenvalue weighted by Crippen LogP contribution is 2.27. The van der Waals surface area contributed by atoms with E-state index in [0.717, 1.165) is 13.8 Å². The Hall–Kier alpha value is -2.57. The molecule has 0 aliphatic heterocycles. The molecule has 0 bridgehead atoms. The number of ether oxygens (including phenoxy) is 1. The monoisotopic (exact) mass is 295 g/mol. The molecule has 2 N–H and O–H groups in total. The summed E-state index contributed by atoms with van der Waals surface area (Å²) in [7, 11) is 1.37. The van der Waals surface area contributed by atoms with E-state index < -0.39 is 23.8 Å². The zero-order chi connectivity index (χ0) is 16.2. The fourth-order valence-corrected chi connectivity index (χ4v) is 2.02. The van der Waals surface area contributed by atoms with Crippen LogP contribution in [0.2, 0.25) is 0 Å². The van der Waals surface area contributed by atoms with Crippen molar-refractivity contribution < 1.29 is 29.3 Å². The van der Waals surface area contributed by atoms with Crippen molar-refractivity contribution in [2.24, 2.45) is 0 Å². The van der Waals surface area contributed by atoms with Crippen LogP contribution in [0, 0.1) is 0 Å². The number of carboxylic acid groups (broad SMARTS) is 1. The predicted molar refractivity (Wildman–Crippen MR) is 73.0 cm³/mol. The van der Waals surface area contributed by atoms with Crippen LogP contribution in [0.1, 0.15) is 19.4 Å². The number of aliphatic carboxylic acids is 1. The maximum atomic E-state index is 11.5. The Morgan fingerprint density at radius 2 is 1.81 bits per heavy atom. The van der Waals surface area contributed by atoms with Gasteiger partial charge in [-0.15, -0.1) is 0 Å². The highest BCUT2D eigenvalue weighted by Gasteiger charge is 2.31. The molecule has 1 rings (SSSR count). The van der Waals surface area contributed by atoms with E-state index in [1.807, 2.05) is 0 Å². The van der Waals surface area contributed by atoms with Crippen molar-refractivity contribution in [3.63, 3.8) is 0 Å². The summed E-state index contributed by atoms with van der Waals surface area (Å²) in [6.45, 7) is 2.27. The molecule has 0 aliphatic carbocycles. The highest BCUT2D eigenvalue weighted by molar-refractivity contribution is 5.97. The first-order chi connectivity index (χ1) is 9.77. The minimum absolute atomic E-state index is 0.0782. The van der Waals surface area contributed by atoms with E-state index in [0.29, 0.717) is 10.5 Å². The van der Waals surface area contributed by atoms with Crippen LogP contribution in [0.4, 0.5) is 0 Å². The van der Waals surface area contributed by atoms with Crippen LogP contribution >= 0.6 is 0 Å². The Morgan fingerprint density at radius 3 is 2.24 bits per heavy atom. The lowest BCUT2D eigenvalue weighted by Gasteiger charge is -2.25. The van der Waals surface area contributed by atoms with E-state index in [2.05, 4.69) is 0 Å². The standard InChI is InChI=1S/C14H17NO6/c1-8(16)15(9(2)17)11(14(19)20)6-10-4-5-12(18)13(7-10)21-3/h4-5,7,11,18H,6H2,1-3H3,(H,19,20). The Kier molecular flexibility index (Phi) is 5.29. The molecule has 7 heteroatoms. The number of nitrogens with zero attached hydrogens (tertiary/aromatic N) is 1. The van der Waals surface area contributed by atoms with Gasteiger partial charge in [-0.3, -0.25) is 14.5 Å². The predicted octanol–water partition coefficient (Wildman–Crippen LogP) is 0.791. The van der Waals surface area contributed by atoms with Crippen LogP contribution in [0.25, 0.3) is 0 Å². The van der Waals surface area contributed by atoms with E-state index in [9.17, 15) is 24.6 Å². The van der Waals surface area contributed by atoms with E-state index in [4.69, 9.17) is 4.74 Å². The molecule has 0 saturated carbocycles. The molecule has 1 aromatic rings. The van der Waals surface area contributed by atoms with E-state index in [1.54, 1.807) is 0 Å². The molecule has 1 aromatic carbocycles. The Morgan fingerprint density at radius 1 is 1.24 bits per heavy atom. The van der Waals surface area contributed by atoms with Gasteiger partial charge in [0.05, 0.1) is 7.11 Å². The van der Waals surface area contributed by atoms with E-state index in [1.165, 1.54) is 25.3 Å². The second-order valence-electron chi connectivity index (χ2n) is 4.47. The largest absolute Gasteiger partial charge is 0.504 e. The Labute approximate surface area is 121 Å². The van der Waals surface area contributed by atoms with Crippen molar-refractivity contribution in [3.8, 4) is 11.5 Å². The summed E-state index contributed by atoms with van der Waals surface area (Å²) in [4.78, 5) is 35.0. The van der Waals surface area contributed by atoms with Crippen molar-refractivity contribution in [1.29, 1.82) is 0 Å². The lowest BCUT2D eigenvalue weighted by Crippen LogP contribution is -2.48. The lowest BCUT2D eigenvalue weighted by atomic mass is 10.0. The number of benzene rings is 1. The summed E-state index contributed by atoms with van der Waals surface area (Å²) in [5, 5.41) is 18.8. The summed E-state index contributed by atoms with van der Waals surface area (Å²) in [5.74, 6) is -2.45. The van der Waals surface area contributed by atoms with Gasteiger partial charge in [-0.25, -0.2) is 4.79 Å². The minimum Gasteiger partial charge on any atom is -0.504 e. The summed E-state index contributed by atoms with van der Waals surface area (Å²) in [6.07, 6.45) is -0.0782. The topological polar surface area (TPSA) is 104 Å². The van der Waals surface area contributed by atoms with Gasteiger partial charge >= 0.3 is 5.97 Å². The van der Waals surface area contributed by atoms with E-state index >= 15 is 0 Å². The molecule has 0 spiro atoms. The molecule has 0 aromatic heterocycles. The van der Waals surface area contributed by atoms with Crippen molar-refractivity contribution in [2.45, 2.75) is 26.3 Å². The average Bonchev–Trinajstić information content (AvgIpc) is 2.38. The zero-order valence-electron chi connectivity index (χ0n) is 12.0. The summed E-state index contributed by atoms with van der Waals surface area (Å²) in [6, 6.07) is 3.02. The second kappa shape index (κ2) is 6.74. The molecule has 2 amide bonds. The average molecular weight is 295 g/mol. The first-order valence-corrected chi connectivity index (χ1v) is 6.17. The third kappa shape index (κ3) is 3.95. The number of imide groups is 1. The smallest absolute Gasteiger partial charge is 0.327 e. The Balaban J connectivity index is 3.11.